The smallest absolute Gasteiger partial charge is 0.308 e. The third kappa shape index (κ3) is 6.12. The average Bonchev–Trinajstić information content (AvgIpc) is 3.37. The minimum Gasteiger partial charge on any atom is -0.308 e. The summed E-state index contributed by atoms with van der Waals surface area (Å²) in [5, 5.41) is 10.8. The van der Waals surface area contributed by atoms with Gasteiger partial charge in [0, 0.05) is 23.7 Å². The van der Waals surface area contributed by atoms with Crippen LogP contribution in [0.2, 0.25) is 0 Å². The molecule has 9 nitrogen and oxygen atoms in total. The van der Waals surface area contributed by atoms with Gasteiger partial charge in [-0.25, -0.2) is 23.2 Å². The van der Waals surface area contributed by atoms with Gasteiger partial charge < -0.3 is 10.6 Å². The first kappa shape index (κ1) is 22.8. The number of aryl methyl sites for hydroxylation is 1. The highest BCUT2D eigenvalue weighted by Gasteiger charge is 2.13. The highest BCUT2D eigenvalue weighted by Crippen LogP contribution is 2.28. The van der Waals surface area contributed by atoms with E-state index in [1.807, 2.05) is 18.2 Å². The molecule has 170 valence electrons. The second kappa shape index (κ2) is 9.65. The Labute approximate surface area is 197 Å². The number of carbonyl (C=O) groups excluding carboxylic acids is 2. The standard InChI is InChI=1S/C21H19N5O4S3/c1-33(29,30)15-8-9-16-17(11-15)32-21(24-16)25-18(27)10-7-14-12-31-20(23-14)26-19(28)22-13-5-3-2-4-6-13/h2-6,8-9,11-12H,7,10H2,1H3,(H,24,25,27)(H2,22,23,26,28). The van der Waals surface area contributed by atoms with E-state index in [1.54, 1.807) is 29.6 Å². The van der Waals surface area contributed by atoms with Crippen LogP contribution < -0.4 is 16.0 Å². The van der Waals surface area contributed by atoms with E-state index in [4.69, 9.17) is 0 Å². The fourth-order valence-corrected chi connectivity index (χ4v) is 5.26. The number of urea groups is 1. The number of fused-ring (bicyclic) bond motifs is 1. The second-order valence-electron chi connectivity index (χ2n) is 7.06. The summed E-state index contributed by atoms with van der Waals surface area (Å²) in [7, 11) is -3.31. The van der Waals surface area contributed by atoms with Gasteiger partial charge in [0.05, 0.1) is 20.8 Å². The number of anilines is 3. The number of sulfone groups is 1. The number of nitrogens with one attached hydrogen (secondary N) is 3. The van der Waals surface area contributed by atoms with Gasteiger partial charge in [-0.1, -0.05) is 29.5 Å². The van der Waals surface area contributed by atoms with E-state index >= 15 is 0 Å². The molecule has 4 aromatic rings. The maximum Gasteiger partial charge on any atom is 0.325 e. The molecular weight excluding hydrogens is 482 g/mol. The number of thiazole rings is 2. The van der Waals surface area contributed by atoms with Crippen molar-refractivity contribution in [2.45, 2.75) is 17.7 Å². The lowest BCUT2D eigenvalue weighted by Gasteiger charge is -2.04. The van der Waals surface area contributed by atoms with Crippen LogP contribution in [-0.4, -0.2) is 36.6 Å². The molecule has 0 radical (unpaired) electrons. The third-order valence-corrected chi connectivity index (χ3v) is 7.30. The van der Waals surface area contributed by atoms with Crippen molar-refractivity contribution in [3.8, 4) is 0 Å². The summed E-state index contributed by atoms with van der Waals surface area (Å²) in [6, 6.07) is 13.3. The molecule has 33 heavy (non-hydrogen) atoms. The fourth-order valence-electron chi connectivity index (χ4n) is 2.87. The van der Waals surface area contributed by atoms with E-state index < -0.39 is 15.9 Å². The normalized spacial score (nSPS) is 11.3. The lowest BCUT2D eigenvalue weighted by Crippen LogP contribution is -2.19. The quantitative estimate of drug-likeness (QED) is 0.345. The Morgan fingerprint density at radius 2 is 1.76 bits per heavy atom. The van der Waals surface area contributed by atoms with Crippen molar-refractivity contribution in [3.63, 3.8) is 0 Å². The molecule has 0 atom stereocenters. The molecule has 2 aromatic heterocycles. The number of rotatable bonds is 7. The molecule has 3 amide bonds. The van der Waals surface area contributed by atoms with Gasteiger partial charge >= 0.3 is 6.03 Å². The molecule has 0 aliphatic heterocycles. The molecular formula is C21H19N5O4S3. The highest BCUT2D eigenvalue weighted by atomic mass is 32.2. The Morgan fingerprint density at radius 1 is 0.970 bits per heavy atom. The fraction of sp³-hybridized carbons (Fsp3) is 0.143. The number of para-hydroxylation sites is 1. The van der Waals surface area contributed by atoms with Gasteiger partial charge in [-0.15, -0.1) is 11.3 Å². The molecule has 0 aliphatic rings. The van der Waals surface area contributed by atoms with E-state index in [-0.39, 0.29) is 17.2 Å². The van der Waals surface area contributed by atoms with Crippen LogP contribution >= 0.6 is 22.7 Å². The largest absolute Gasteiger partial charge is 0.325 e. The van der Waals surface area contributed by atoms with Gasteiger partial charge in [0.15, 0.2) is 20.1 Å². The first-order chi connectivity index (χ1) is 15.8. The van der Waals surface area contributed by atoms with Crippen LogP contribution in [0, 0.1) is 0 Å². The minimum absolute atomic E-state index is 0.184. The summed E-state index contributed by atoms with van der Waals surface area (Å²) in [6.07, 6.45) is 1.73. The van der Waals surface area contributed by atoms with Crippen molar-refractivity contribution in [2.75, 3.05) is 22.2 Å². The van der Waals surface area contributed by atoms with Crippen LogP contribution in [-0.2, 0) is 21.1 Å². The number of hydrogen-bond acceptors (Lipinski definition) is 8. The Hall–Kier alpha value is -3.35. The van der Waals surface area contributed by atoms with Gasteiger partial charge in [-0.3, -0.25) is 10.1 Å². The molecule has 0 aliphatic carbocycles. The Morgan fingerprint density at radius 3 is 2.52 bits per heavy atom. The summed E-state index contributed by atoms with van der Waals surface area (Å²) >= 11 is 2.49. The molecule has 0 fully saturated rings. The first-order valence-corrected chi connectivity index (χ1v) is 13.3. The third-order valence-electron chi connectivity index (χ3n) is 4.45. The Balaban J connectivity index is 1.29. The molecule has 4 rings (SSSR count). The second-order valence-corrected chi connectivity index (χ2v) is 11.0. The van der Waals surface area contributed by atoms with Crippen LogP contribution in [0.5, 0.6) is 0 Å². The first-order valence-electron chi connectivity index (χ1n) is 9.74. The van der Waals surface area contributed by atoms with Crippen LogP contribution in [0.15, 0.2) is 58.8 Å². The topological polar surface area (TPSA) is 130 Å². The van der Waals surface area contributed by atoms with Crippen molar-refractivity contribution < 1.29 is 18.0 Å². The highest BCUT2D eigenvalue weighted by molar-refractivity contribution is 7.90. The van der Waals surface area contributed by atoms with E-state index in [9.17, 15) is 18.0 Å². The molecule has 0 spiro atoms. The lowest BCUT2D eigenvalue weighted by atomic mass is 10.2. The summed E-state index contributed by atoms with van der Waals surface area (Å²) in [5.74, 6) is -0.235. The maximum absolute atomic E-state index is 12.3. The van der Waals surface area contributed by atoms with Gasteiger partial charge in [-0.05, 0) is 36.8 Å². The molecule has 0 unspecified atom stereocenters. The minimum atomic E-state index is -3.31. The van der Waals surface area contributed by atoms with Crippen molar-refractivity contribution in [1.29, 1.82) is 0 Å². The molecule has 3 N–H and O–H groups in total. The number of hydrogen-bond donors (Lipinski definition) is 3. The number of benzene rings is 2. The van der Waals surface area contributed by atoms with E-state index in [2.05, 4.69) is 25.9 Å². The molecule has 2 heterocycles. The molecule has 0 saturated carbocycles. The SMILES string of the molecule is CS(=O)(=O)c1ccc2nc(NC(=O)CCc3csc(NC(=O)Nc4ccccc4)n3)sc2c1. The van der Waals surface area contributed by atoms with Gasteiger partial charge in [0.2, 0.25) is 5.91 Å². The number of carbonyl (C=O) groups is 2. The van der Waals surface area contributed by atoms with Crippen molar-refractivity contribution in [3.05, 3.63) is 59.6 Å². The summed E-state index contributed by atoms with van der Waals surface area (Å²) in [5.41, 5.74) is 1.98. The number of amides is 3. The lowest BCUT2D eigenvalue weighted by molar-refractivity contribution is -0.116. The maximum atomic E-state index is 12.3. The summed E-state index contributed by atoms with van der Waals surface area (Å²) in [4.78, 5) is 33.3. The van der Waals surface area contributed by atoms with Gasteiger partial charge in [-0.2, -0.15) is 0 Å². The zero-order valence-electron chi connectivity index (χ0n) is 17.4. The molecule has 2 aromatic carbocycles. The van der Waals surface area contributed by atoms with Crippen molar-refractivity contribution in [2.24, 2.45) is 0 Å². The van der Waals surface area contributed by atoms with Crippen molar-refractivity contribution >= 4 is 70.6 Å². The molecule has 12 heteroatoms. The van der Waals surface area contributed by atoms with E-state index in [0.717, 1.165) is 6.26 Å². The van der Waals surface area contributed by atoms with Crippen LogP contribution in [0.1, 0.15) is 12.1 Å². The van der Waals surface area contributed by atoms with Crippen LogP contribution in [0.4, 0.5) is 20.7 Å². The van der Waals surface area contributed by atoms with Crippen LogP contribution in [0.25, 0.3) is 10.2 Å². The van der Waals surface area contributed by atoms with E-state index in [0.29, 0.717) is 38.3 Å². The zero-order chi connectivity index (χ0) is 23.4. The number of nitrogens with zero attached hydrogens (tertiary/aromatic N) is 2. The predicted octanol–water partition coefficient (Wildman–Crippen LogP) is 4.37. The van der Waals surface area contributed by atoms with E-state index in [1.165, 1.54) is 28.7 Å². The predicted molar refractivity (Wildman–Crippen MR) is 131 cm³/mol. The summed E-state index contributed by atoms with van der Waals surface area (Å²) in [6.45, 7) is 0. The van der Waals surface area contributed by atoms with Crippen molar-refractivity contribution in [1.82, 2.24) is 9.97 Å². The van der Waals surface area contributed by atoms with Gasteiger partial charge in [0.1, 0.15) is 0 Å². The Kier molecular flexibility index (Phi) is 6.67. The Bertz CT molecular complexity index is 1410. The average molecular weight is 502 g/mol. The van der Waals surface area contributed by atoms with Gasteiger partial charge in [0.25, 0.3) is 0 Å². The summed E-state index contributed by atoms with van der Waals surface area (Å²) < 4.78 is 24.1. The zero-order valence-corrected chi connectivity index (χ0v) is 19.8. The molecule has 0 bridgehead atoms. The van der Waals surface area contributed by atoms with Crippen LogP contribution in [0.3, 0.4) is 0 Å². The monoisotopic (exact) mass is 501 g/mol. The molecule has 0 saturated heterocycles. The number of aromatic nitrogens is 2.